The summed E-state index contributed by atoms with van der Waals surface area (Å²) in [5.41, 5.74) is 5.53. The Kier molecular flexibility index (Phi) is 4.20. The Hall–Kier alpha value is -2.11. The third kappa shape index (κ3) is 2.37. The number of aliphatic hydroxyl groups is 1. The fraction of sp³-hybridized carbons (Fsp3) is 0.542. The third-order valence-corrected chi connectivity index (χ3v) is 7.96. The van der Waals surface area contributed by atoms with E-state index in [2.05, 4.69) is 34.6 Å². The van der Waals surface area contributed by atoms with Crippen LogP contribution in [-0.2, 0) is 24.7 Å². The molecule has 1 aromatic carbocycles. The van der Waals surface area contributed by atoms with Gasteiger partial charge in [-0.2, -0.15) is 0 Å². The minimum Gasteiger partial charge on any atom is -0.387 e. The van der Waals surface area contributed by atoms with Crippen LogP contribution in [0.15, 0.2) is 24.3 Å². The molecule has 0 spiro atoms. The van der Waals surface area contributed by atoms with Gasteiger partial charge in [-0.15, -0.1) is 0 Å². The van der Waals surface area contributed by atoms with Crippen molar-refractivity contribution in [2.24, 2.45) is 0 Å². The molecule has 0 saturated carbocycles. The van der Waals surface area contributed by atoms with Crippen LogP contribution in [0.25, 0.3) is 0 Å². The fourth-order valence-corrected chi connectivity index (χ4v) is 6.34. The summed E-state index contributed by atoms with van der Waals surface area (Å²) in [6.45, 7) is 8.38. The smallest absolute Gasteiger partial charge is 0.270 e. The Bertz CT molecular complexity index is 977. The SMILES string of the molecule is CCN(CC)C(=O)c1[nH]c2c(c1C)C[C@@]1(O)[C@H]3Cc4ccccc4[C@@]1(CCN3)C2. The second-order valence-corrected chi connectivity index (χ2v) is 9.04. The topological polar surface area (TPSA) is 68.4 Å². The van der Waals surface area contributed by atoms with Gasteiger partial charge >= 0.3 is 0 Å². The molecular weight excluding hydrogens is 362 g/mol. The predicted octanol–water partition coefficient (Wildman–Crippen LogP) is 2.49. The molecule has 1 aromatic heterocycles. The van der Waals surface area contributed by atoms with Crippen molar-refractivity contribution in [3.05, 3.63) is 57.9 Å². The largest absolute Gasteiger partial charge is 0.387 e. The van der Waals surface area contributed by atoms with Crippen LogP contribution < -0.4 is 5.32 Å². The average Bonchev–Trinajstić information content (AvgIpc) is 3.02. The maximum Gasteiger partial charge on any atom is 0.270 e. The van der Waals surface area contributed by atoms with Crippen molar-refractivity contribution in [2.75, 3.05) is 19.6 Å². The van der Waals surface area contributed by atoms with Gasteiger partial charge in [0.1, 0.15) is 5.69 Å². The van der Waals surface area contributed by atoms with Crippen molar-refractivity contribution in [2.45, 2.75) is 63.5 Å². The molecule has 3 atom stereocenters. The highest BCUT2D eigenvalue weighted by molar-refractivity contribution is 5.94. The van der Waals surface area contributed by atoms with E-state index in [0.717, 1.165) is 42.6 Å². The Morgan fingerprint density at radius 3 is 2.76 bits per heavy atom. The molecule has 3 aliphatic rings. The van der Waals surface area contributed by atoms with Gasteiger partial charge in [0.25, 0.3) is 5.91 Å². The summed E-state index contributed by atoms with van der Waals surface area (Å²) in [4.78, 5) is 18.5. The third-order valence-electron chi connectivity index (χ3n) is 7.96. The molecule has 5 heteroatoms. The van der Waals surface area contributed by atoms with Gasteiger partial charge in [-0.05, 0) is 62.4 Å². The van der Waals surface area contributed by atoms with E-state index in [1.54, 1.807) is 0 Å². The first-order valence-electron chi connectivity index (χ1n) is 11.0. The highest BCUT2D eigenvalue weighted by Gasteiger charge is 2.62. The van der Waals surface area contributed by atoms with Crippen LogP contribution in [0.5, 0.6) is 0 Å². The Morgan fingerprint density at radius 2 is 2.00 bits per heavy atom. The molecule has 1 aliphatic heterocycles. The van der Waals surface area contributed by atoms with Crippen molar-refractivity contribution in [3.63, 3.8) is 0 Å². The zero-order valence-corrected chi connectivity index (χ0v) is 17.6. The number of nitrogens with zero attached hydrogens (tertiary/aromatic N) is 1. The van der Waals surface area contributed by atoms with Crippen molar-refractivity contribution in [1.82, 2.24) is 15.2 Å². The first kappa shape index (κ1) is 18.9. The van der Waals surface area contributed by atoms with Crippen LogP contribution in [-0.4, -0.2) is 52.2 Å². The van der Waals surface area contributed by atoms with E-state index in [4.69, 9.17) is 0 Å². The molecule has 29 heavy (non-hydrogen) atoms. The van der Waals surface area contributed by atoms with Crippen molar-refractivity contribution >= 4 is 5.91 Å². The van der Waals surface area contributed by atoms with E-state index in [9.17, 15) is 9.90 Å². The van der Waals surface area contributed by atoms with E-state index in [1.165, 1.54) is 11.1 Å². The second kappa shape index (κ2) is 6.44. The number of hydrogen-bond acceptors (Lipinski definition) is 3. The maximum absolute atomic E-state index is 13.1. The number of hydrogen-bond donors (Lipinski definition) is 3. The first-order chi connectivity index (χ1) is 13.9. The molecule has 5 rings (SSSR count). The molecule has 1 saturated heterocycles. The van der Waals surface area contributed by atoms with Crippen LogP contribution >= 0.6 is 0 Å². The Morgan fingerprint density at radius 1 is 1.24 bits per heavy atom. The van der Waals surface area contributed by atoms with E-state index in [0.29, 0.717) is 25.2 Å². The number of aromatic amines is 1. The lowest BCUT2D eigenvalue weighted by molar-refractivity contribution is -0.106. The molecule has 0 unspecified atom stereocenters. The molecule has 1 amide bonds. The van der Waals surface area contributed by atoms with Crippen molar-refractivity contribution in [3.8, 4) is 0 Å². The molecule has 2 aromatic rings. The minimum absolute atomic E-state index is 0.0514. The summed E-state index contributed by atoms with van der Waals surface area (Å²) < 4.78 is 0. The summed E-state index contributed by atoms with van der Waals surface area (Å²) in [7, 11) is 0. The lowest BCUT2D eigenvalue weighted by atomic mass is 9.50. The second-order valence-electron chi connectivity index (χ2n) is 9.04. The van der Waals surface area contributed by atoms with E-state index in [1.807, 2.05) is 25.7 Å². The van der Waals surface area contributed by atoms with Gasteiger partial charge in [-0.3, -0.25) is 4.79 Å². The number of benzene rings is 1. The number of H-pyrrole nitrogens is 1. The van der Waals surface area contributed by atoms with Gasteiger partial charge < -0.3 is 20.3 Å². The van der Waals surface area contributed by atoms with Crippen LogP contribution in [0.4, 0.5) is 0 Å². The standard InChI is InChI=1S/C24H31N3O2/c1-4-27(5-2)22(28)21-15(3)17-13-24(29)20-12-16-8-6-7-9-18(16)23(24,10-11-25-20)14-19(17)26-21/h6-9,20,25-26,29H,4-5,10-14H2,1-3H3/t20-,23-,24-/m1/s1. The van der Waals surface area contributed by atoms with Gasteiger partial charge in [0, 0.05) is 43.1 Å². The van der Waals surface area contributed by atoms with Crippen LogP contribution in [0.1, 0.15) is 58.7 Å². The predicted molar refractivity (Wildman–Crippen MR) is 113 cm³/mol. The Labute approximate surface area is 172 Å². The van der Waals surface area contributed by atoms with E-state index < -0.39 is 5.60 Å². The quantitative estimate of drug-likeness (QED) is 0.751. The molecule has 2 heterocycles. The molecule has 0 radical (unpaired) electrons. The van der Waals surface area contributed by atoms with Crippen molar-refractivity contribution in [1.29, 1.82) is 0 Å². The van der Waals surface area contributed by atoms with Crippen LogP contribution in [0.3, 0.4) is 0 Å². The lowest BCUT2D eigenvalue weighted by Gasteiger charge is -2.60. The number of rotatable bonds is 3. The van der Waals surface area contributed by atoms with Gasteiger partial charge in [0.05, 0.1) is 5.60 Å². The van der Waals surface area contributed by atoms with Gasteiger partial charge in [0.15, 0.2) is 0 Å². The summed E-state index contributed by atoms with van der Waals surface area (Å²) in [6.07, 6.45) is 3.13. The lowest BCUT2D eigenvalue weighted by Crippen LogP contribution is -2.73. The van der Waals surface area contributed by atoms with E-state index in [-0.39, 0.29) is 17.4 Å². The number of amides is 1. The fourth-order valence-electron chi connectivity index (χ4n) is 6.34. The molecule has 1 fully saturated rings. The highest BCUT2D eigenvalue weighted by Crippen LogP contribution is 2.55. The molecular formula is C24H31N3O2. The summed E-state index contributed by atoms with van der Waals surface area (Å²) in [5, 5.41) is 15.8. The van der Waals surface area contributed by atoms with Gasteiger partial charge in [0.2, 0.25) is 0 Å². The summed E-state index contributed by atoms with van der Waals surface area (Å²) in [6, 6.07) is 8.67. The number of fused-ring (bicyclic) bond motifs is 2. The van der Waals surface area contributed by atoms with Crippen LogP contribution in [0.2, 0.25) is 0 Å². The minimum atomic E-state index is -0.824. The molecule has 3 N–H and O–H groups in total. The molecule has 154 valence electrons. The zero-order valence-electron chi connectivity index (χ0n) is 17.6. The summed E-state index contributed by atoms with van der Waals surface area (Å²) >= 11 is 0. The van der Waals surface area contributed by atoms with Gasteiger partial charge in [-0.1, -0.05) is 24.3 Å². The maximum atomic E-state index is 13.1. The van der Waals surface area contributed by atoms with Crippen LogP contribution in [0, 0.1) is 6.92 Å². The summed E-state index contributed by atoms with van der Waals surface area (Å²) in [5.74, 6) is 0.0656. The molecule has 5 nitrogen and oxygen atoms in total. The first-order valence-corrected chi connectivity index (χ1v) is 11.0. The molecule has 2 bridgehead atoms. The zero-order chi connectivity index (χ0) is 20.4. The number of piperidine rings is 1. The monoisotopic (exact) mass is 393 g/mol. The normalized spacial score (nSPS) is 29.6. The Balaban J connectivity index is 1.65. The van der Waals surface area contributed by atoms with Gasteiger partial charge in [-0.25, -0.2) is 0 Å². The highest BCUT2D eigenvalue weighted by atomic mass is 16.3. The number of carbonyl (C=O) groups excluding carboxylic acids is 1. The number of carbonyl (C=O) groups is 1. The number of nitrogens with one attached hydrogen (secondary N) is 2. The number of aromatic nitrogens is 1. The molecule has 2 aliphatic carbocycles. The van der Waals surface area contributed by atoms with Crippen molar-refractivity contribution < 1.29 is 9.90 Å². The van der Waals surface area contributed by atoms with E-state index >= 15 is 0 Å². The average molecular weight is 394 g/mol.